The van der Waals surface area contributed by atoms with Crippen LogP contribution in [-0.2, 0) is 0 Å². The molecule has 5 nitrogen and oxygen atoms in total. The number of rotatable bonds is 3. The van der Waals surface area contributed by atoms with Crippen molar-refractivity contribution in [3.05, 3.63) is 66.1 Å². The minimum atomic E-state index is -0.972. The minimum Gasteiger partial charge on any atom is -0.508 e. The Balaban J connectivity index is 2.27. The first-order chi connectivity index (χ1) is 10.6. The summed E-state index contributed by atoms with van der Waals surface area (Å²) in [7, 11) is 0. The summed E-state index contributed by atoms with van der Waals surface area (Å²) in [6.07, 6.45) is 3.35. The third kappa shape index (κ3) is 2.33. The Bertz CT molecular complexity index is 821. The van der Waals surface area contributed by atoms with Gasteiger partial charge in [0.25, 0.3) is 0 Å². The van der Waals surface area contributed by atoms with E-state index in [1.165, 1.54) is 0 Å². The van der Waals surface area contributed by atoms with E-state index < -0.39 is 5.97 Å². The molecule has 0 aliphatic rings. The number of hydrogen-bond donors (Lipinski definition) is 2. The summed E-state index contributed by atoms with van der Waals surface area (Å²) in [5, 5.41) is 18.8. The van der Waals surface area contributed by atoms with Gasteiger partial charge in [-0.05, 0) is 55.0 Å². The molecule has 0 bridgehead atoms. The zero-order chi connectivity index (χ0) is 15.7. The fourth-order valence-electron chi connectivity index (χ4n) is 2.49. The van der Waals surface area contributed by atoms with Crippen molar-refractivity contribution in [2.45, 2.75) is 6.92 Å². The van der Waals surface area contributed by atoms with Gasteiger partial charge in [0.15, 0.2) is 0 Å². The van der Waals surface area contributed by atoms with Crippen LogP contribution in [0.4, 0.5) is 0 Å². The summed E-state index contributed by atoms with van der Waals surface area (Å²) in [6.45, 7) is 1.76. The van der Waals surface area contributed by atoms with Crippen molar-refractivity contribution in [2.24, 2.45) is 0 Å². The first-order valence-electron chi connectivity index (χ1n) is 6.73. The molecule has 3 aromatic rings. The van der Waals surface area contributed by atoms with E-state index in [1.807, 2.05) is 10.6 Å². The highest BCUT2D eigenvalue weighted by molar-refractivity contribution is 5.91. The fraction of sp³-hybridized carbons (Fsp3) is 0.0588. The lowest BCUT2D eigenvalue weighted by Gasteiger charge is -2.11. The Morgan fingerprint density at radius 1 is 1.18 bits per heavy atom. The minimum absolute atomic E-state index is 0.165. The topological polar surface area (TPSA) is 75.3 Å². The van der Waals surface area contributed by atoms with Crippen LogP contribution in [-0.4, -0.2) is 25.7 Å². The molecular weight excluding hydrogens is 280 g/mol. The Morgan fingerprint density at radius 3 is 2.50 bits per heavy atom. The third-order valence-corrected chi connectivity index (χ3v) is 3.54. The van der Waals surface area contributed by atoms with Gasteiger partial charge < -0.3 is 14.8 Å². The predicted octanol–water partition coefficient (Wildman–Crippen LogP) is 3.25. The summed E-state index contributed by atoms with van der Waals surface area (Å²) in [4.78, 5) is 15.5. The lowest BCUT2D eigenvalue weighted by atomic mass is 10.1. The van der Waals surface area contributed by atoms with Crippen LogP contribution < -0.4 is 0 Å². The quantitative estimate of drug-likeness (QED) is 0.777. The molecule has 0 fully saturated rings. The van der Waals surface area contributed by atoms with E-state index in [1.54, 1.807) is 55.7 Å². The van der Waals surface area contributed by atoms with E-state index in [0.717, 1.165) is 16.9 Å². The molecule has 0 radical (unpaired) electrons. The van der Waals surface area contributed by atoms with Gasteiger partial charge in [-0.2, -0.15) is 0 Å². The van der Waals surface area contributed by atoms with Gasteiger partial charge in [-0.3, -0.25) is 4.98 Å². The molecule has 0 aliphatic heterocycles. The molecule has 0 unspecified atom stereocenters. The molecule has 2 heterocycles. The zero-order valence-corrected chi connectivity index (χ0v) is 11.9. The summed E-state index contributed by atoms with van der Waals surface area (Å²) < 4.78 is 1.85. The van der Waals surface area contributed by atoms with Crippen LogP contribution in [0.5, 0.6) is 5.75 Å². The second-order valence-electron chi connectivity index (χ2n) is 4.93. The van der Waals surface area contributed by atoms with Crippen LogP contribution >= 0.6 is 0 Å². The highest BCUT2D eigenvalue weighted by Crippen LogP contribution is 2.30. The van der Waals surface area contributed by atoms with Crippen molar-refractivity contribution >= 4 is 5.97 Å². The normalized spacial score (nSPS) is 10.6. The molecule has 0 aliphatic carbocycles. The van der Waals surface area contributed by atoms with Gasteiger partial charge in [-0.1, -0.05) is 0 Å². The molecule has 2 N–H and O–H groups in total. The van der Waals surface area contributed by atoms with E-state index in [9.17, 15) is 15.0 Å². The second kappa shape index (κ2) is 5.37. The van der Waals surface area contributed by atoms with E-state index in [4.69, 9.17) is 0 Å². The summed E-state index contributed by atoms with van der Waals surface area (Å²) in [5.74, 6) is -0.807. The van der Waals surface area contributed by atoms with Gasteiger partial charge in [0.2, 0.25) is 0 Å². The van der Waals surface area contributed by atoms with Crippen LogP contribution in [0.2, 0.25) is 0 Å². The van der Waals surface area contributed by atoms with Crippen LogP contribution in [0.3, 0.4) is 0 Å². The molecule has 0 saturated heterocycles. The summed E-state index contributed by atoms with van der Waals surface area (Å²) in [5.41, 5.74) is 3.21. The Morgan fingerprint density at radius 2 is 1.91 bits per heavy atom. The Kier molecular flexibility index (Phi) is 3.39. The molecule has 110 valence electrons. The number of pyridine rings is 1. The lowest BCUT2D eigenvalue weighted by Crippen LogP contribution is -2.02. The smallest absolute Gasteiger partial charge is 0.337 e. The zero-order valence-electron chi connectivity index (χ0n) is 11.9. The molecule has 5 heteroatoms. The van der Waals surface area contributed by atoms with Crippen molar-refractivity contribution in [3.63, 3.8) is 0 Å². The van der Waals surface area contributed by atoms with Crippen LogP contribution in [0.15, 0.2) is 54.9 Å². The molecule has 0 spiro atoms. The number of aromatic carboxylic acids is 1. The monoisotopic (exact) mass is 294 g/mol. The van der Waals surface area contributed by atoms with E-state index in [2.05, 4.69) is 4.98 Å². The number of carbonyl (C=O) groups is 1. The average Bonchev–Trinajstić information content (AvgIpc) is 2.86. The largest absolute Gasteiger partial charge is 0.508 e. The van der Waals surface area contributed by atoms with Crippen LogP contribution in [0, 0.1) is 6.92 Å². The van der Waals surface area contributed by atoms with Crippen molar-refractivity contribution < 1.29 is 15.0 Å². The van der Waals surface area contributed by atoms with Crippen molar-refractivity contribution in [1.82, 2.24) is 9.55 Å². The molecule has 0 atom stereocenters. The van der Waals surface area contributed by atoms with E-state index >= 15 is 0 Å². The second-order valence-corrected chi connectivity index (χ2v) is 4.93. The number of carboxylic acid groups (broad SMARTS) is 1. The first kappa shape index (κ1) is 13.9. The van der Waals surface area contributed by atoms with Gasteiger partial charge in [0, 0.05) is 11.9 Å². The number of benzene rings is 1. The number of hydrogen-bond acceptors (Lipinski definition) is 3. The van der Waals surface area contributed by atoms with Gasteiger partial charge in [-0.15, -0.1) is 0 Å². The fourth-order valence-corrected chi connectivity index (χ4v) is 2.49. The molecule has 22 heavy (non-hydrogen) atoms. The molecule has 1 aromatic carbocycles. The maximum absolute atomic E-state index is 11.4. The van der Waals surface area contributed by atoms with E-state index in [-0.39, 0.29) is 11.3 Å². The molecular formula is C17H14N2O3. The third-order valence-electron chi connectivity index (χ3n) is 3.54. The van der Waals surface area contributed by atoms with Gasteiger partial charge in [0.05, 0.1) is 23.1 Å². The van der Waals surface area contributed by atoms with Gasteiger partial charge >= 0.3 is 5.97 Å². The average molecular weight is 294 g/mol. The number of aromatic nitrogens is 2. The van der Waals surface area contributed by atoms with Crippen LogP contribution in [0.25, 0.3) is 16.9 Å². The number of phenolic OH excluding ortho intramolecular Hbond substituents is 1. The maximum atomic E-state index is 11.4. The Labute approximate surface area is 127 Å². The highest BCUT2D eigenvalue weighted by Gasteiger charge is 2.19. The van der Waals surface area contributed by atoms with Crippen molar-refractivity contribution in [1.29, 1.82) is 0 Å². The lowest BCUT2D eigenvalue weighted by molar-refractivity contribution is 0.0696. The molecule has 0 saturated carbocycles. The van der Waals surface area contributed by atoms with Crippen molar-refractivity contribution in [2.75, 3.05) is 0 Å². The first-order valence-corrected chi connectivity index (χ1v) is 6.73. The van der Waals surface area contributed by atoms with Gasteiger partial charge in [0.1, 0.15) is 5.75 Å². The molecule has 3 rings (SSSR count). The SMILES string of the molecule is Cc1c(C(=O)O)cc(-c2ccc(O)cc2)n1-c1cccnc1. The maximum Gasteiger partial charge on any atom is 0.337 e. The molecule has 2 aromatic heterocycles. The number of phenols is 1. The van der Waals surface area contributed by atoms with E-state index in [0.29, 0.717) is 5.69 Å². The predicted molar refractivity (Wildman–Crippen MR) is 82.4 cm³/mol. The number of nitrogens with zero attached hydrogens (tertiary/aromatic N) is 2. The highest BCUT2D eigenvalue weighted by atomic mass is 16.4. The summed E-state index contributed by atoms with van der Waals surface area (Å²) >= 11 is 0. The van der Waals surface area contributed by atoms with Crippen LogP contribution in [0.1, 0.15) is 16.1 Å². The summed E-state index contributed by atoms with van der Waals surface area (Å²) in [6, 6.07) is 12.0. The number of aromatic hydroxyl groups is 1. The standard InChI is InChI=1S/C17H14N2O3/c1-11-15(17(21)22)9-16(12-4-6-14(20)7-5-12)19(11)13-3-2-8-18-10-13/h2-10,20H,1H3,(H,21,22). The number of carboxylic acids is 1. The van der Waals surface area contributed by atoms with Gasteiger partial charge in [-0.25, -0.2) is 4.79 Å². The Hall–Kier alpha value is -3.08. The van der Waals surface area contributed by atoms with Crippen molar-refractivity contribution in [3.8, 4) is 22.7 Å². The molecule has 0 amide bonds.